The molecule has 0 spiro atoms. The van der Waals surface area contributed by atoms with Gasteiger partial charge in [-0.3, -0.25) is 13.6 Å². The minimum absolute atomic E-state index is 0.0857. The molecule has 3 rings (SSSR count). The number of rotatable bonds is 6. The Balaban J connectivity index is 1.59. The Kier molecular flexibility index (Phi) is 5.33. The van der Waals surface area contributed by atoms with Crippen LogP contribution in [0.3, 0.4) is 0 Å². The third kappa shape index (κ3) is 4.06. The van der Waals surface area contributed by atoms with Gasteiger partial charge >= 0.3 is 0 Å². The zero-order valence-electron chi connectivity index (χ0n) is 13.2. The van der Waals surface area contributed by atoms with E-state index in [0.717, 1.165) is 5.56 Å². The van der Waals surface area contributed by atoms with Crippen molar-refractivity contribution >= 4 is 27.8 Å². The first-order chi connectivity index (χ1) is 11.7. The maximum Gasteiger partial charge on any atom is 0.261 e. The fourth-order valence-corrected chi connectivity index (χ4v) is 3.28. The molecule has 1 heterocycles. The Bertz CT molecular complexity index is 933. The Morgan fingerprint density at radius 3 is 2.62 bits per heavy atom. The van der Waals surface area contributed by atoms with E-state index in [-0.39, 0.29) is 5.56 Å². The van der Waals surface area contributed by atoms with Crippen LogP contribution in [-0.4, -0.2) is 25.3 Å². The minimum atomic E-state index is -1.01. The third-order valence-corrected chi connectivity index (χ3v) is 4.89. The number of benzene rings is 2. The van der Waals surface area contributed by atoms with Crippen molar-refractivity contribution in [1.82, 2.24) is 9.55 Å². The van der Waals surface area contributed by atoms with Crippen molar-refractivity contribution in [2.75, 3.05) is 11.5 Å². The fourth-order valence-electron chi connectivity index (χ4n) is 2.40. The molecule has 1 aromatic heterocycles. The highest BCUT2D eigenvalue weighted by Gasteiger charge is 2.04. The molecule has 2 aromatic carbocycles. The van der Waals surface area contributed by atoms with Crippen LogP contribution in [0.4, 0.5) is 0 Å². The van der Waals surface area contributed by atoms with Gasteiger partial charge in [0.25, 0.3) is 5.56 Å². The van der Waals surface area contributed by atoms with Crippen LogP contribution in [-0.2, 0) is 17.3 Å². The molecule has 0 bridgehead atoms. The van der Waals surface area contributed by atoms with Crippen molar-refractivity contribution in [1.29, 1.82) is 0 Å². The zero-order valence-corrected chi connectivity index (χ0v) is 14.0. The number of hydrogen-bond acceptors (Lipinski definition) is 3. The number of nitrogens with zero attached hydrogens (tertiary/aromatic N) is 2. The van der Waals surface area contributed by atoms with Crippen molar-refractivity contribution in [2.24, 2.45) is 0 Å². The van der Waals surface area contributed by atoms with Crippen molar-refractivity contribution < 1.29 is 4.21 Å². The van der Waals surface area contributed by atoms with Crippen LogP contribution in [0, 0.1) is 0 Å². The Morgan fingerprint density at radius 2 is 1.79 bits per heavy atom. The lowest BCUT2D eigenvalue weighted by Crippen LogP contribution is -2.23. The number of fused-ring (bicyclic) bond motifs is 1. The van der Waals surface area contributed by atoms with Crippen LogP contribution in [0.15, 0.2) is 71.8 Å². The lowest BCUT2D eigenvalue weighted by atomic mass is 10.2. The van der Waals surface area contributed by atoms with E-state index in [1.807, 2.05) is 60.7 Å². The molecule has 0 N–H and O–H groups in total. The summed E-state index contributed by atoms with van der Waals surface area (Å²) in [5.41, 5.74) is 1.69. The van der Waals surface area contributed by atoms with E-state index in [9.17, 15) is 9.00 Å². The standard InChI is InChI=1S/C19H18N2O2S/c22-19-17-10-4-5-11-18(17)20-15-21(19)12-14-24(23)13-6-9-16-7-2-1-3-8-16/h1-11,15H,12-14H2/b9-6+. The summed E-state index contributed by atoms with van der Waals surface area (Å²) < 4.78 is 13.6. The minimum Gasteiger partial charge on any atom is -0.298 e. The molecule has 122 valence electrons. The zero-order chi connectivity index (χ0) is 16.8. The molecule has 0 aliphatic carbocycles. The maximum atomic E-state index is 12.4. The van der Waals surface area contributed by atoms with Crippen LogP contribution < -0.4 is 5.56 Å². The van der Waals surface area contributed by atoms with Gasteiger partial charge in [-0.15, -0.1) is 0 Å². The van der Waals surface area contributed by atoms with E-state index in [1.165, 1.54) is 10.9 Å². The van der Waals surface area contributed by atoms with Gasteiger partial charge in [-0.2, -0.15) is 0 Å². The summed E-state index contributed by atoms with van der Waals surface area (Å²) in [4.78, 5) is 16.6. The summed E-state index contributed by atoms with van der Waals surface area (Å²) in [6.45, 7) is 0.405. The fraction of sp³-hybridized carbons (Fsp3) is 0.158. The Hall–Kier alpha value is -2.53. The van der Waals surface area contributed by atoms with E-state index in [1.54, 1.807) is 6.07 Å². The summed E-state index contributed by atoms with van der Waals surface area (Å²) in [7, 11) is -1.01. The molecule has 0 radical (unpaired) electrons. The largest absolute Gasteiger partial charge is 0.298 e. The predicted molar refractivity (Wildman–Crippen MR) is 99.4 cm³/mol. The second-order valence-electron chi connectivity index (χ2n) is 5.38. The van der Waals surface area contributed by atoms with Crippen molar-refractivity contribution in [3.63, 3.8) is 0 Å². The summed E-state index contributed by atoms with van der Waals surface area (Å²) in [6, 6.07) is 17.2. The van der Waals surface area contributed by atoms with E-state index in [4.69, 9.17) is 0 Å². The van der Waals surface area contributed by atoms with Crippen molar-refractivity contribution in [2.45, 2.75) is 6.54 Å². The van der Waals surface area contributed by atoms with Gasteiger partial charge in [0.05, 0.1) is 17.2 Å². The normalized spacial score (nSPS) is 12.7. The smallest absolute Gasteiger partial charge is 0.261 e. The molecule has 0 aliphatic rings. The summed E-state index contributed by atoms with van der Waals surface area (Å²) in [5.74, 6) is 0.906. The van der Waals surface area contributed by atoms with Gasteiger partial charge in [0.1, 0.15) is 0 Å². The summed E-state index contributed by atoms with van der Waals surface area (Å²) >= 11 is 0. The molecule has 4 nitrogen and oxygen atoms in total. The third-order valence-electron chi connectivity index (χ3n) is 3.68. The highest BCUT2D eigenvalue weighted by Crippen LogP contribution is 2.05. The average molecular weight is 338 g/mol. The van der Waals surface area contributed by atoms with Gasteiger partial charge in [-0.25, -0.2) is 4.98 Å². The summed E-state index contributed by atoms with van der Waals surface area (Å²) in [6.07, 6.45) is 5.40. The van der Waals surface area contributed by atoms with Gasteiger partial charge in [0.2, 0.25) is 0 Å². The van der Waals surface area contributed by atoms with Gasteiger partial charge in [-0.05, 0) is 17.7 Å². The molecule has 24 heavy (non-hydrogen) atoms. The monoisotopic (exact) mass is 338 g/mol. The van der Waals surface area contributed by atoms with Gasteiger partial charge in [0, 0.05) is 28.9 Å². The van der Waals surface area contributed by atoms with Gasteiger partial charge in [-0.1, -0.05) is 54.6 Å². The number of aromatic nitrogens is 2. The van der Waals surface area contributed by atoms with Gasteiger partial charge in [0.15, 0.2) is 0 Å². The van der Waals surface area contributed by atoms with Gasteiger partial charge < -0.3 is 0 Å². The highest BCUT2D eigenvalue weighted by atomic mass is 32.2. The second-order valence-corrected chi connectivity index (χ2v) is 7.01. The van der Waals surface area contributed by atoms with Crippen molar-refractivity contribution in [3.8, 4) is 0 Å². The van der Waals surface area contributed by atoms with E-state index >= 15 is 0 Å². The first-order valence-electron chi connectivity index (χ1n) is 7.75. The number of hydrogen-bond donors (Lipinski definition) is 0. The van der Waals surface area contributed by atoms with Crippen molar-refractivity contribution in [3.05, 3.63) is 82.9 Å². The topological polar surface area (TPSA) is 52.0 Å². The number of aryl methyl sites for hydroxylation is 1. The van der Waals surface area contributed by atoms with E-state index in [0.29, 0.717) is 29.0 Å². The van der Waals surface area contributed by atoms with E-state index in [2.05, 4.69) is 4.98 Å². The van der Waals surface area contributed by atoms with Crippen LogP contribution in [0.25, 0.3) is 17.0 Å². The lowest BCUT2D eigenvalue weighted by molar-refractivity contribution is 0.669. The maximum absolute atomic E-state index is 12.4. The quantitative estimate of drug-likeness (QED) is 0.694. The molecule has 0 saturated heterocycles. The Labute approximate surface area is 142 Å². The summed E-state index contributed by atoms with van der Waals surface area (Å²) in [5, 5.41) is 0.592. The lowest BCUT2D eigenvalue weighted by Gasteiger charge is -2.05. The average Bonchev–Trinajstić information content (AvgIpc) is 2.62. The molecular formula is C19H18N2O2S. The second kappa shape index (κ2) is 7.84. The van der Waals surface area contributed by atoms with Crippen LogP contribution in [0.5, 0.6) is 0 Å². The predicted octanol–water partition coefficient (Wildman–Crippen LogP) is 2.86. The molecular weight excluding hydrogens is 320 g/mol. The Morgan fingerprint density at radius 1 is 1.04 bits per heavy atom. The van der Waals surface area contributed by atoms with Crippen LogP contribution in [0.1, 0.15) is 5.56 Å². The first-order valence-corrected chi connectivity index (χ1v) is 9.23. The first kappa shape index (κ1) is 16.3. The molecule has 1 unspecified atom stereocenters. The molecule has 0 fully saturated rings. The number of para-hydroxylation sites is 1. The molecule has 0 aliphatic heterocycles. The molecule has 5 heteroatoms. The molecule has 3 aromatic rings. The van der Waals surface area contributed by atoms with Crippen LogP contribution in [0.2, 0.25) is 0 Å². The highest BCUT2D eigenvalue weighted by molar-refractivity contribution is 7.85. The SMILES string of the molecule is O=c1c2ccccc2ncn1CCS(=O)C/C=C/c1ccccc1. The molecule has 1 atom stereocenters. The van der Waals surface area contributed by atoms with Crippen LogP contribution >= 0.6 is 0 Å². The molecule has 0 saturated carbocycles. The van der Waals surface area contributed by atoms with E-state index < -0.39 is 10.8 Å². The molecule has 0 amide bonds.